The normalized spacial score (nSPS) is 12.6. The monoisotopic (exact) mass is 233 g/mol. The first-order valence-corrected chi connectivity index (χ1v) is 5.31. The smallest absolute Gasteiger partial charge is 0.322 e. The van der Waals surface area contributed by atoms with Crippen molar-refractivity contribution in [2.24, 2.45) is 5.73 Å². The molecule has 2 aromatic rings. The first-order valence-electron chi connectivity index (χ1n) is 5.31. The van der Waals surface area contributed by atoms with E-state index in [4.69, 9.17) is 11.5 Å². The van der Waals surface area contributed by atoms with Crippen LogP contribution in [0.3, 0.4) is 0 Å². The van der Waals surface area contributed by atoms with Crippen LogP contribution < -0.4 is 11.5 Å². The molecule has 0 saturated heterocycles. The number of nitrogens with one attached hydrogen (secondary N) is 1. The molecule has 5 heteroatoms. The van der Waals surface area contributed by atoms with Gasteiger partial charge in [-0.05, 0) is 17.7 Å². The Morgan fingerprint density at radius 3 is 3.00 bits per heavy atom. The highest BCUT2D eigenvalue weighted by Gasteiger charge is 2.17. The third kappa shape index (κ3) is 2.09. The first kappa shape index (κ1) is 11.5. The zero-order valence-corrected chi connectivity index (χ0v) is 9.57. The van der Waals surface area contributed by atoms with E-state index in [1.165, 1.54) is 7.11 Å². The number of hydrogen-bond donors (Lipinski definition) is 3. The van der Waals surface area contributed by atoms with Crippen LogP contribution in [0.5, 0.6) is 0 Å². The average molecular weight is 233 g/mol. The zero-order chi connectivity index (χ0) is 12.4. The van der Waals surface area contributed by atoms with Crippen LogP contribution in [0.4, 0.5) is 5.69 Å². The van der Waals surface area contributed by atoms with Crippen LogP contribution in [0.1, 0.15) is 5.56 Å². The Balaban J connectivity index is 2.34. The Bertz CT molecular complexity index is 548. The number of benzene rings is 1. The van der Waals surface area contributed by atoms with E-state index in [0.29, 0.717) is 12.1 Å². The summed E-state index contributed by atoms with van der Waals surface area (Å²) in [6.45, 7) is 0. The van der Waals surface area contributed by atoms with Crippen LogP contribution >= 0.6 is 0 Å². The standard InChI is InChI=1S/C12H15N3O2/c1-17-12(16)9(14)5-7-6-15-10-4-2-3-8(13)11(7)10/h2-4,6,9,15H,5,13-14H2,1H3. The van der Waals surface area contributed by atoms with E-state index in [9.17, 15) is 4.79 Å². The van der Waals surface area contributed by atoms with Crippen LogP contribution in [-0.2, 0) is 16.0 Å². The number of H-pyrrole nitrogens is 1. The number of nitrogens with two attached hydrogens (primary N) is 2. The van der Waals surface area contributed by atoms with Gasteiger partial charge in [0, 0.05) is 29.2 Å². The molecule has 1 unspecified atom stereocenters. The van der Waals surface area contributed by atoms with E-state index in [1.807, 2.05) is 24.4 Å². The quantitative estimate of drug-likeness (QED) is 0.539. The van der Waals surface area contributed by atoms with E-state index in [1.54, 1.807) is 0 Å². The minimum Gasteiger partial charge on any atom is -0.468 e. The molecule has 0 aliphatic rings. The van der Waals surface area contributed by atoms with Crippen LogP contribution in [0, 0.1) is 0 Å². The van der Waals surface area contributed by atoms with Gasteiger partial charge in [-0.15, -0.1) is 0 Å². The van der Waals surface area contributed by atoms with Gasteiger partial charge >= 0.3 is 5.97 Å². The summed E-state index contributed by atoms with van der Waals surface area (Å²) in [6.07, 6.45) is 2.23. The van der Waals surface area contributed by atoms with Crippen molar-refractivity contribution in [2.45, 2.75) is 12.5 Å². The van der Waals surface area contributed by atoms with Gasteiger partial charge in [-0.2, -0.15) is 0 Å². The van der Waals surface area contributed by atoms with Crippen molar-refractivity contribution in [1.29, 1.82) is 0 Å². The minimum atomic E-state index is -0.668. The molecule has 1 aromatic carbocycles. The van der Waals surface area contributed by atoms with Gasteiger partial charge in [0.2, 0.25) is 0 Å². The van der Waals surface area contributed by atoms with Crippen LogP contribution in [-0.4, -0.2) is 24.1 Å². The van der Waals surface area contributed by atoms with Gasteiger partial charge in [0.25, 0.3) is 0 Å². The fourth-order valence-electron chi connectivity index (χ4n) is 1.92. The largest absolute Gasteiger partial charge is 0.468 e. The van der Waals surface area contributed by atoms with E-state index >= 15 is 0 Å². The van der Waals surface area contributed by atoms with Gasteiger partial charge in [-0.25, -0.2) is 0 Å². The van der Waals surface area contributed by atoms with Crippen molar-refractivity contribution in [3.05, 3.63) is 30.0 Å². The lowest BCUT2D eigenvalue weighted by Gasteiger charge is -2.08. The Hall–Kier alpha value is -2.01. The molecule has 17 heavy (non-hydrogen) atoms. The molecule has 0 aliphatic heterocycles. The Morgan fingerprint density at radius 1 is 1.53 bits per heavy atom. The van der Waals surface area contributed by atoms with Gasteiger partial charge in [0.05, 0.1) is 7.11 Å². The lowest BCUT2D eigenvalue weighted by Crippen LogP contribution is -2.33. The molecule has 0 amide bonds. The summed E-state index contributed by atoms with van der Waals surface area (Å²) >= 11 is 0. The summed E-state index contributed by atoms with van der Waals surface area (Å²) in [5.74, 6) is -0.422. The predicted octanol–water partition coefficient (Wildman–Crippen LogP) is 0.793. The molecule has 0 radical (unpaired) electrons. The summed E-state index contributed by atoms with van der Waals surface area (Å²) in [5.41, 5.74) is 14.2. The predicted molar refractivity (Wildman–Crippen MR) is 66.4 cm³/mol. The van der Waals surface area contributed by atoms with Crippen LogP contribution in [0.2, 0.25) is 0 Å². The third-order valence-electron chi connectivity index (χ3n) is 2.76. The zero-order valence-electron chi connectivity index (χ0n) is 9.57. The topological polar surface area (TPSA) is 94.1 Å². The molecule has 1 atom stereocenters. The Labute approximate surface area is 98.7 Å². The third-order valence-corrected chi connectivity index (χ3v) is 2.76. The van der Waals surface area contributed by atoms with Crippen molar-refractivity contribution < 1.29 is 9.53 Å². The highest BCUT2D eigenvalue weighted by molar-refractivity contribution is 5.94. The number of hydrogen-bond acceptors (Lipinski definition) is 4. The first-order chi connectivity index (χ1) is 8.13. The summed E-state index contributed by atoms with van der Waals surface area (Å²) in [7, 11) is 1.33. The molecule has 0 spiro atoms. The van der Waals surface area contributed by atoms with E-state index < -0.39 is 12.0 Å². The Kier molecular flexibility index (Phi) is 3.01. The summed E-state index contributed by atoms with van der Waals surface area (Å²) in [4.78, 5) is 14.4. The van der Waals surface area contributed by atoms with Gasteiger partial charge in [-0.1, -0.05) is 6.07 Å². The number of nitrogen functional groups attached to an aromatic ring is 1. The summed E-state index contributed by atoms with van der Waals surface area (Å²) < 4.78 is 4.60. The highest BCUT2D eigenvalue weighted by atomic mass is 16.5. The minimum absolute atomic E-state index is 0.404. The number of anilines is 1. The average Bonchev–Trinajstić information content (AvgIpc) is 2.72. The molecule has 0 bridgehead atoms. The number of carbonyl (C=O) groups excluding carboxylic acids is 1. The number of esters is 1. The van der Waals surface area contributed by atoms with Gasteiger partial charge in [0.1, 0.15) is 6.04 Å². The molecular formula is C12H15N3O2. The van der Waals surface area contributed by atoms with Crippen molar-refractivity contribution in [2.75, 3.05) is 12.8 Å². The number of fused-ring (bicyclic) bond motifs is 1. The number of rotatable bonds is 3. The maximum absolute atomic E-state index is 11.3. The molecule has 0 fully saturated rings. The van der Waals surface area contributed by atoms with E-state index in [0.717, 1.165) is 16.5 Å². The molecular weight excluding hydrogens is 218 g/mol. The van der Waals surface area contributed by atoms with Gasteiger partial charge < -0.3 is 21.2 Å². The maximum atomic E-state index is 11.3. The van der Waals surface area contributed by atoms with Crippen molar-refractivity contribution in [3.63, 3.8) is 0 Å². The number of carbonyl (C=O) groups is 1. The highest BCUT2D eigenvalue weighted by Crippen LogP contribution is 2.25. The molecule has 1 aromatic heterocycles. The summed E-state index contributed by atoms with van der Waals surface area (Å²) in [5, 5.41) is 0.923. The summed E-state index contributed by atoms with van der Waals surface area (Å²) in [6, 6.07) is 4.96. The Morgan fingerprint density at radius 2 is 2.29 bits per heavy atom. The van der Waals surface area contributed by atoms with Crippen molar-refractivity contribution >= 4 is 22.6 Å². The van der Waals surface area contributed by atoms with Gasteiger partial charge in [-0.3, -0.25) is 4.79 Å². The number of ether oxygens (including phenoxy) is 1. The van der Waals surface area contributed by atoms with E-state index in [2.05, 4.69) is 9.72 Å². The molecule has 2 rings (SSSR count). The van der Waals surface area contributed by atoms with Crippen molar-refractivity contribution in [1.82, 2.24) is 4.98 Å². The lowest BCUT2D eigenvalue weighted by molar-refractivity contribution is -0.142. The molecule has 90 valence electrons. The molecule has 5 N–H and O–H groups in total. The molecule has 1 heterocycles. The lowest BCUT2D eigenvalue weighted by atomic mass is 10.0. The number of aromatic nitrogens is 1. The van der Waals surface area contributed by atoms with E-state index in [-0.39, 0.29) is 0 Å². The second-order valence-electron chi connectivity index (χ2n) is 3.92. The van der Waals surface area contributed by atoms with Crippen LogP contribution in [0.25, 0.3) is 10.9 Å². The molecule has 0 saturated carbocycles. The van der Waals surface area contributed by atoms with Crippen LogP contribution in [0.15, 0.2) is 24.4 Å². The SMILES string of the molecule is COC(=O)C(N)Cc1c[nH]c2cccc(N)c12. The molecule has 0 aliphatic carbocycles. The number of aromatic amines is 1. The fourth-order valence-corrected chi connectivity index (χ4v) is 1.92. The number of methoxy groups -OCH3 is 1. The second-order valence-corrected chi connectivity index (χ2v) is 3.92. The van der Waals surface area contributed by atoms with Gasteiger partial charge in [0.15, 0.2) is 0 Å². The van der Waals surface area contributed by atoms with Crippen molar-refractivity contribution in [3.8, 4) is 0 Å². The molecule has 5 nitrogen and oxygen atoms in total. The maximum Gasteiger partial charge on any atom is 0.322 e. The second kappa shape index (κ2) is 4.47. The fraction of sp³-hybridized carbons (Fsp3) is 0.250.